The summed E-state index contributed by atoms with van der Waals surface area (Å²) in [5.74, 6) is 1.91. The number of rotatable bonds is 6. The molecular formula is C24H33FN6O2. The Morgan fingerprint density at radius 3 is 2.61 bits per heavy atom. The summed E-state index contributed by atoms with van der Waals surface area (Å²) in [6.07, 6.45) is 7.64. The first-order valence-corrected chi connectivity index (χ1v) is 12.4. The van der Waals surface area contributed by atoms with Crippen LogP contribution >= 0.6 is 0 Å². The van der Waals surface area contributed by atoms with Crippen molar-refractivity contribution in [3.63, 3.8) is 0 Å². The quantitative estimate of drug-likeness (QED) is 0.691. The lowest BCUT2D eigenvalue weighted by atomic mass is 9.97. The van der Waals surface area contributed by atoms with Crippen LogP contribution in [0, 0.1) is 0 Å². The van der Waals surface area contributed by atoms with E-state index in [0.717, 1.165) is 42.8 Å². The molecule has 2 aromatic heterocycles. The van der Waals surface area contributed by atoms with Crippen LogP contribution in [0.25, 0.3) is 5.65 Å². The Labute approximate surface area is 193 Å². The zero-order chi connectivity index (χ0) is 22.7. The Hall–Kier alpha value is -2.42. The summed E-state index contributed by atoms with van der Waals surface area (Å²) in [5.41, 5.74) is 1.87. The molecule has 2 N–H and O–H groups in total. The fourth-order valence-electron chi connectivity index (χ4n) is 5.66. The highest BCUT2D eigenvalue weighted by atomic mass is 19.1. The van der Waals surface area contributed by atoms with E-state index in [0.29, 0.717) is 11.8 Å². The predicted octanol–water partition coefficient (Wildman–Crippen LogP) is 3.59. The molecule has 178 valence electrons. The number of anilines is 1. The van der Waals surface area contributed by atoms with E-state index in [-0.39, 0.29) is 43.9 Å². The molecule has 5 heterocycles. The van der Waals surface area contributed by atoms with Crippen molar-refractivity contribution in [2.24, 2.45) is 0 Å². The van der Waals surface area contributed by atoms with Crippen LogP contribution in [-0.2, 0) is 4.74 Å². The molecule has 4 fully saturated rings. The summed E-state index contributed by atoms with van der Waals surface area (Å²) in [5, 5.41) is 11.3. The van der Waals surface area contributed by atoms with Gasteiger partial charge in [-0.1, -0.05) is 13.8 Å². The predicted molar refractivity (Wildman–Crippen MR) is 122 cm³/mol. The molecule has 0 radical (unpaired) electrons. The van der Waals surface area contributed by atoms with Crippen molar-refractivity contribution in [2.45, 2.75) is 88.0 Å². The molecule has 0 spiro atoms. The van der Waals surface area contributed by atoms with Crippen LogP contribution in [0.4, 0.5) is 15.0 Å². The number of amides is 1. The number of hydrogen-bond acceptors (Lipinski definition) is 6. The van der Waals surface area contributed by atoms with E-state index >= 15 is 0 Å². The summed E-state index contributed by atoms with van der Waals surface area (Å²) in [4.78, 5) is 19.6. The zero-order valence-electron chi connectivity index (χ0n) is 19.4. The number of ether oxygens (including phenoxy) is 1. The van der Waals surface area contributed by atoms with E-state index in [1.165, 1.54) is 18.4 Å². The number of carbonyl (C=O) groups is 1. The number of aromatic nitrogens is 3. The summed E-state index contributed by atoms with van der Waals surface area (Å²) in [7, 11) is 0. The lowest BCUT2D eigenvalue weighted by molar-refractivity contribution is -0.00856. The van der Waals surface area contributed by atoms with Crippen LogP contribution in [-0.4, -0.2) is 69.1 Å². The maximum absolute atomic E-state index is 14.2. The minimum absolute atomic E-state index is 0.132. The molecule has 1 unspecified atom stereocenters. The summed E-state index contributed by atoms with van der Waals surface area (Å²) in [6.45, 7) is 4.71. The first kappa shape index (κ1) is 21.1. The zero-order valence-corrected chi connectivity index (χ0v) is 19.4. The number of nitrogens with zero attached hydrogens (tertiary/aromatic N) is 4. The number of nitrogens with one attached hydrogen (secondary N) is 2. The third kappa shape index (κ3) is 3.84. The molecule has 4 aliphatic rings. The number of piperidine rings is 1. The molecule has 1 saturated carbocycles. The lowest BCUT2D eigenvalue weighted by Crippen LogP contribution is -2.60. The minimum Gasteiger partial charge on any atom is -0.446 e. The molecule has 2 bridgehead atoms. The van der Waals surface area contributed by atoms with Gasteiger partial charge in [-0.3, -0.25) is 0 Å². The third-order valence-corrected chi connectivity index (χ3v) is 7.77. The highest BCUT2D eigenvalue weighted by molar-refractivity contribution is 5.69. The molecule has 8 nitrogen and oxygen atoms in total. The van der Waals surface area contributed by atoms with Crippen molar-refractivity contribution < 1.29 is 13.9 Å². The van der Waals surface area contributed by atoms with Gasteiger partial charge in [0.2, 0.25) is 0 Å². The molecule has 3 aliphatic heterocycles. The summed E-state index contributed by atoms with van der Waals surface area (Å²) >= 11 is 0. The van der Waals surface area contributed by atoms with Gasteiger partial charge in [-0.2, -0.15) is 9.61 Å². The van der Waals surface area contributed by atoms with Crippen LogP contribution in [0.2, 0.25) is 0 Å². The van der Waals surface area contributed by atoms with Gasteiger partial charge in [-0.05, 0) is 44.4 Å². The van der Waals surface area contributed by atoms with E-state index < -0.39 is 5.67 Å². The van der Waals surface area contributed by atoms with E-state index in [1.807, 2.05) is 15.6 Å². The van der Waals surface area contributed by atoms with Gasteiger partial charge >= 0.3 is 6.09 Å². The van der Waals surface area contributed by atoms with Crippen molar-refractivity contribution in [3.8, 4) is 0 Å². The number of alkyl halides is 1. The fourth-order valence-corrected chi connectivity index (χ4v) is 5.66. The van der Waals surface area contributed by atoms with Crippen molar-refractivity contribution in [3.05, 3.63) is 23.5 Å². The van der Waals surface area contributed by atoms with E-state index in [9.17, 15) is 9.18 Å². The second kappa shape index (κ2) is 7.82. The van der Waals surface area contributed by atoms with Crippen LogP contribution in [0.15, 0.2) is 12.3 Å². The second-order valence-electron chi connectivity index (χ2n) is 10.7. The maximum atomic E-state index is 14.2. The van der Waals surface area contributed by atoms with Gasteiger partial charge in [-0.15, -0.1) is 0 Å². The smallest absolute Gasteiger partial charge is 0.410 e. The van der Waals surface area contributed by atoms with Gasteiger partial charge in [0.1, 0.15) is 12.4 Å². The molecule has 2 aromatic rings. The van der Waals surface area contributed by atoms with Gasteiger partial charge in [0.15, 0.2) is 11.3 Å². The van der Waals surface area contributed by atoms with Crippen molar-refractivity contribution in [2.75, 3.05) is 25.0 Å². The van der Waals surface area contributed by atoms with E-state index in [1.54, 1.807) is 0 Å². The number of carbonyl (C=O) groups excluding carboxylic acids is 1. The Balaban J connectivity index is 1.18. The minimum atomic E-state index is -1.40. The topological polar surface area (TPSA) is 83.8 Å². The largest absolute Gasteiger partial charge is 0.446 e. The molecule has 33 heavy (non-hydrogen) atoms. The van der Waals surface area contributed by atoms with E-state index in [2.05, 4.69) is 35.6 Å². The molecule has 0 aromatic carbocycles. The number of halogens is 1. The number of fused-ring (bicyclic) bond motifs is 3. The fraction of sp³-hybridized carbons (Fsp3) is 0.708. The second-order valence-corrected chi connectivity index (χ2v) is 10.7. The van der Waals surface area contributed by atoms with Crippen LogP contribution in [0.3, 0.4) is 0 Å². The normalized spacial score (nSPS) is 28.2. The molecule has 1 aliphatic carbocycles. The third-order valence-electron chi connectivity index (χ3n) is 7.77. The summed E-state index contributed by atoms with van der Waals surface area (Å²) < 4.78 is 21.6. The van der Waals surface area contributed by atoms with Crippen LogP contribution in [0.1, 0.15) is 75.5 Å². The highest BCUT2D eigenvalue weighted by Gasteiger charge is 2.46. The monoisotopic (exact) mass is 456 g/mol. The Morgan fingerprint density at radius 1 is 1.27 bits per heavy atom. The Bertz CT molecular complexity index is 1050. The molecular weight excluding hydrogens is 423 g/mol. The van der Waals surface area contributed by atoms with Gasteiger partial charge < -0.3 is 20.3 Å². The Kier molecular flexibility index (Phi) is 5.01. The Morgan fingerprint density at radius 2 is 2.00 bits per heavy atom. The van der Waals surface area contributed by atoms with Crippen molar-refractivity contribution >= 4 is 17.6 Å². The standard InChI is InChI=1S/C24H33FN6O2/c1-14(2)19-10-27-31-21(9-20(15-3-4-15)29-22(19)31)28-16-7-17-5-6-18(8-16)30(17)23(32)33-13-24(25)11-26-12-24/h9-10,14-18,26,28H,3-8,11-13H2,1-2H3/t16?,17-,18+. The van der Waals surface area contributed by atoms with E-state index in [4.69, 9.17) is 9.72 Å². The van der Waals surface area contributed by atoms with Gasteiger partial charge in [-0.25, -0.2) is 14.2 Å². The van der Waals surface area contributed by atoms with Crippen LogP contribution < -0.4 is 10.6 Å². The average molecular weight is 457 g/mol. The molecule has 3 atom stereocenters. The first-order valence-electron chi connectivity index (χ1n) is 12.4. The highest BCUT2D eigenvalue weighted by Crippen LogP contribution is 2.41. The van der Waals surface area contributed by atoms with Crippen molar-refractivity contribution in [1.29, 1.82) is 0 Å². The van der Waals surface area contributed by atoms with Gasteiger partial charge in [0.05, 0.1) is 6.20 Å². The molecule has 9 heteroatoms. The number of hydrogen-bond donors (Lipinski definition) is 2. The van der Waals surface area contributed by atoms with Crippen LogP contribution in [0.5, 0.6) is 0 Å². The SMILES string of the molecule is CC(C)c1cnn2c(NC3C[C@H]4CC[C@@H](C3)N4C(=O)OCC3(F)CNC3)cc(C3CC3)nc12. The van der Waals surface area contributed by atoms with Crippen molar-refractivity contribution in [1.82, 2.24) is 24.8 Å². The molecule has 3 saturated heterocycles. The van der Waals surface area contributed by atoms with Gasteiger partial charge in [0.25, 0.3) is 0 Å². The molecule has 1 amide bonds. The van der Waals surface area contributed by atoms with Gasteiger partial charge in [0, 0.05) is 54.5 Å². The average Bonchev–Trinajstić information content (AvgIpc) is 3.46. The molecule has 6 rings (SSSR count). The lowest BCUT2D eigenvalue weighted by Gasteiger charge is -2.40. The summed E-state index contributed by atoms with van der Waals surface area (Å²) in [6, 6.07) is 2.68. The maximum Gasteiger partial charge on any atom is 0.410 e. The first-order chi connectivity index (χ1) is 15.9.